The van der Waals surface area contributed by atoms with Crippen LogP contribution >= 0.6 is 0 Å². The molecule has 2 N–H and O–H groups in total. The molecule has 0 aliphatic heterocycles. The predicted molar refractivity (Wildman–Crippen MR) is 53.3 cm³/mol. The van der Waals surface area contributed by atoms with Crippen LogP contribution in [0.5, 0.6) is 0 Å². The van der Waals surface area contributed by atoms with Crippen LogP contribution in [-0.4, -0.2) is 18.1 Å². The van der Waals surface area contributed by atoms with Gasteiger partial charge < -0.3 is 10.5 Å². The first-order valence-electron chi connectivity index (χ1n) is 4.89. The maximum Gasteiger partial charge on any atom is 0.308 e. The minimum Gasteiger partial charge on any atom is -0.463 e. The smallest absolute Gasteiger partial charge is 0.308 e. The van der Waals surface area contributed by atoms with E-state index < -0.39 is 0 Å². The molecular formula is C10H21NO2. The van der Waals surface area contributed by atoms with Crippen molar-refractivity contribution >= 4 is 5.97 Å². The van der Waals surface area contributed by atoms with Crippen LogP contribution in [0, 0.1) is 5.92 Å². The Morgan fingerprint density at radius 3 is 2.15 bits per heavy atom. The van der Waals surface area contributed by atoms with Gasteiger partial charge in [0.25, 0.3) is 0 Å². The van der Waals surface area contributed by atoms with Crippen molar-refractivity contribution in [2.75, 3.05) is 0 Å². The van der Waals surface area contributed by atoms with E-state index in [-0.39, 0.29) is 24.0 Å². The van der Waals surface area contributed by atoms with E-state index in [2.05, 4.69) is 0 Å². The predicted octanol–water partition coefficient (Wildman–Crippen LogP) is 1.70. The van der Waals surface area contributed by atoms with E-state index in [1.54, 1.807) is 0 Å². The van der Waals surface area contributed by atoms with E-state index in [1.165, 1.54) is 0 Å². The Labute approximate surface area is 80.6 Å². The molecule has 0 amide bonds. The Bertz CT molecular complexity index is 155. The highest BCUT2D eigenvalue weighted by Crippen LogP contribution is 2.10. The summed E-state index contributed by atoms with van der Waals surface area (Å²) < 4.78 is 5.06. The Balaban J connectivity index is 3.69. The van der Waals surface area contributed by atoms with Gasteiger partial charge in [-0.2, -0.15) is 0 Å². The molecule has 0 aromatic carbocycles. The standard InChI is InChI=1S/C10H21NO2/c1-7(2)13-10(12)8(3)5-6-9(4)11/h7-9H,5-6,11H2,1-4H3/t8-,9+/m1/s1. The second kappa shape index (κ2) is 5.97. The minimum atomic E-state index is -0.115. The molecule has 0 unspecified atom stereocenters. The van der Waals surface area contributed by atoms with Crippen molar-refractivity contribution in [3.05, 3.63) is 0 Å². The van der Waals surface area contributed by atoms with Gasteiger partial charge in [-0.3, -0.25) is 4.79 Å². The van der Waals surface area contributed by atoms with Crippen molar-refractivity contribution in [1.29, 1.82) is 0 Å². The number of carbonyl (C=O) groups is 1. The van der Waals surface area contributed by atoms with E-state index in [4.69, 9.17) is 10.5 Å². The van der Waals surface area contributed by atoms with E-state index in [9.17, 15) is 4.79 Å². The molecule has 0 radical (unpaired) electrons. The molecule has 0 aliphatic carbocycles. The molecule has 78 valence electrons. The van der Waals surface area contributed by atoms with E-state index in [0.29, 0.717) is 0 Å². The topological polar surface area (TPSA) is 52.3 Å². The van der Waals surface area contributed by atoms with Crippen molar-refractivity contribution in [1.82, 2.24) is 0 Å². The second-order valence-corrected chi connectivity index (χ2v) is 3.94. The van der Waals surface area contributed by atoms with Crippen LogP contribution in [-0.2, 0) is 9.53 Å². The summed E-state index contributed by atoms with van der Waals surface area (Å²) in [6.45, 7) is 7.54. The molecule has 0 heterocycles. The molecule has 0 aromatic rings. The van der Waals surface area contributed by atoms with E-state index in [1.807, 2.05) is 27.7 Å². The number of nitrogens with two attached hydrogens (primary N) is 1. The molecule has 0 aromatic heterocycles. The van der Waals surface area contributed by atoms with Crippen LogP contribution in [0.4, 0.5) is 0 Å². The Morgan fingerprint density at radius 1 is 1.23 bits per heavy atom. The average Bonchev–Trinajstić information content (AvgIpc) is 1.98. The van der Waals surface area contributed by atoms with Gasteiger partial charge in [-0.1, -0.05) is 6.92 Å². The number of ether oxygens (including phenoxy) is 1. The molecular weight excluding hydrogens is 166 g/mol. The molecule has 2 atom stereocenters. The third-order valence-electron chi connectivity index (χ3n) is 1.81. The zero-order valence-electron chi connectivity index (χ0n) is 9.04. The lowest BCUT2D eigenvalue weighted by atomic mass is 10.0. The summed E-state index contributed by atoms with van der Waals surface area (Å²) in [5, 5.41) is 0. The third-order valence-corrected chi connectivity index (χ3v) is 1.81. The van der Waals surface area contributed by atoms with Crippen LogP contribution in [0.1, 0.15) is 40.5 Å². The molecule has 3 heteroatoms. The summed E-state index contributed by atoms with van der Waals surface area (Å²) in [6, 6.07) is 0.161. The lowest BCUT2D eigenvalue weighted by Gasteiger charge is -2.14. The fourth-order valence-electron chi connectivity index (χ4n) is 0.979. The number of carbonyl (C=O) groups excluding carboxylic acids is 1. The van der Waals surface area contributed by atoms with Gasteiger partial charge in [0.1, 0.15) is 0 Å². The van der Waals surface area contributed by atoms with Gasteiger partial charge >= 0.3 is 5.97 Å². The normalized spacial score (nSPS) is 15.5. The second-order valence-electron chi connectivity index (χ2n) is 3.94. The summed E-state index contributed by atoms with van der Waals surface area (Å²) in [6.07, 6.45) is 1.66. The van der Waals surface area contributed by atoms with Gasteiger partial charge in [0.15, 0.2) is 0 Å². The number of rotatable bonds is 5. The molecule has 0 aliphatic rings. The monoisotopic (exact) mass is 187 g/mol. The summed E-state index contributed by atoms with van der Waals surface area (Å²) in [5.74, 6) is -0.149. The van der Waals surface area contributed by atoms with Gasteiger partial charge in [-0.25, -0.2) is 0 Å². The van der Waals surface area contributed by atoms with Gasteiger partial charge in [-0.15, -0.1) is 0 Å². The Hall–Kier alpha value is -0.570. The van der Waals surface area contributed by atoms with Crippen molar-refractivity contribution in [2.24, 2.45) is 11.7 Å². The first kappa shape index (κ1) is 12.4. The van der Waals surface area contributed by atoms with Gasteiger partial charge in [-0.05, 0) is 33.6 Å². The molecule has 0 saturated heterocycles. The van der Waals surface area contributed by atoms with Crippen LogP contribution in [0.25, 0.3) is 0 Å². The van der Waals surface area contributed by atoms with Gasteiger partial charge in [0, 0.05) is 6.04 Å². The van der Waals surface area contributed by atoms with E-state index >= 15 is 0 Å². The molecule has 0 rings (SSSR count). The Kier molecular flexibility index (Phi) is 5.71. The largest absolute Gasteiger partial charge is 0.463 e. The summed E-state index contributed by atoms with van der Waals surface area (Å²) in [4.78, 5) is 11.3. The molecule has 3 nitrogen and oxygen atoms in total. The molecule has 13 heavy (non-hydrogen) atoms. The molecule has 0 fully saturated rings. The van der Waals surface area contributed by atoms with Gasteiger partial charge in [0.2, 0.25) is 0 Å². The number of hydrogen-bond acceptors (Lipinski definition) is 3. The maximum atomic E-state index is 11.3. The van der Waals surface area contributed by atoms with Crippen molar-refractivity contribution < 1.29 is 9.53 Å². The van der Waals surface area contributed by atoms with Crippen LogP contribution in [0.3, 0.4) is 0 Å². The highest BCUT2D eigenvalue weighted by molar-refractivity contribution is 5.72. The number of hydrogen-bond donors (Lipinski definition) is 1. The fourth-order valence-corrected chi connectivity index (χ4v) is 0.979. The van der Waals surface area contributed by atoms with Crippen LogP contribution in [0.15, 0.2) is 0 Å². The summed E-state index contributed by atoms with van der Waals surface area (Å²) >= 11 is 0. The lowest BCUT2D eigenvalue weighted by Crippen LogP contribution is -2.22. The first-order chi connectivity index (χ1) is 5.93. The van der Waals surface area contributed by atoms with Crippen molar-refractivity contribution in [2.45, 2.75) is 52.7 Å². The third kappa shape index (κ3) is 6.58. The average molecular weight is 187 g/mol. The molecule has 0 spiro atoms. The summed E-state index contributed by atoms with van der Waals surface area (Å²) in [5.41, 5.74) is 5.59. The van der Waals surface area contributed by atoms with Crippen LogP contribution in [0.2, 0.25) is 0 Å². The quantitative estimate of drug-likeness (QED) is 0.666. The van der Waals surface area contributed by atoms with E-state index in [0.717, 1.165) is 12.8 Å². The SMILES string of the molecule is CC(C)OC(=O)[C@H](C)CC[C@H](C)N. The fraction of sp³-hybridized carbons (Fsp3) is 0.900. The van der Waals surface area contributed by atoms with Crippen molar-refractivity contribution in [3.63, 3.8) is 0 Å². The molecule has 0 bridgehead atoms. The maximum absolute atomic E-state index is 11.3. The highest BCUT2D eigenvalue weighted by Gasteiger charge is 2.15. The van der Waals surface area contributed by atoms with Crippen LogP contribution < -0.4 is 5.73 Å². The van der Waals surface area contributed by atoms with Gasteiger partial charge in [0.05, 0.1) is 12.0 Å². The first-order valence-corrected chi connectivity index (χ1v) is 4.89. The zero-order chi connectivity index (χ0) is 10.4. The lowest BCUT2D eigenvalue weighted by molar-refractivity contribution is -0.152. The number of esters is 1. The molecule has 0 saturated carbocycles. The van der Waals surface area contributed by atoms with Crippen molar-refractivity contribution in [3.8, 4) is 0 Å². The zero-order valence-corrected chi connectivity index (χ0v) is 9.04. The minimum absolute atomic E-state index is 0.0229. The highest BCUT2D eigenvalue weighted by atomic mass is 16.5. The Morgan fingerprint density at radius 2 is 1.77 bits per heavy atom. The summed E-state index contributed by atoms with van der Waals surface area (Å²) in [7, 11) is 0.